The summed E-state index contributed by atoms with van der Waals surface area (Å²) in [5, 5.41) is 11.6. The van der Waals surface area contributed by atoms with Gasteiger partial charge in [-0.05, 0) is 25.0 Å². The predicted molar refractivity (Wildman–Crippen MR) is 112 cm³/mol. The standard InChI is InChI=1S/C21H28N6O/c1-5-18-25-20(23-11-10-22-19(28)12-14(2)3)17-13-24-27(21(17)26-18)16-8-6-15(4)7-9-16/h6-9,13-14H,5,10-12H2,1-4H3,(H,22,28)(H,23,25,26). The second kappa shape index (κ2) is 8.82. The fourth-order valence-electron chi connectivity index (χ4n) is 2.95. The van der Waals surface area contributed by atoms with Gasteiger partial charge in [0.2, 0.25) is 5.91 Å². The fourth-order valence-corrected chi connectivity index (χ4v) is 2.95. The van der Waals surface area contributed by atoms with E-state index in [0.717, 1.165) is 34.8 Å². The van der Waals surface area contributed by atoms with Crippen LogP contribution in [0.2, 0.25) is 0 Å². The molecule has 0 aliphatic heterocycles. The first-order valence-electron chi connectivity index (χ1n) is 9.80. The molecule has 7 nitrogen and oxygen atoms in total. The minimum Gasteiger partial charge on any atom is -0.368 e. The van der Waals surface area contributed by atoms with Gasteiger partial charge in [0.15, 0.2) is 5.65 Å². The summed E-state index contributed by atoms with van der Waals surface area (Å²) < 4.78 is 1.84. The second-order valence-electron chi connectivity index (χ2n) is 7.35. The van der Waals surface area contributed by atoms with E-state index in [4.69, 9.17) is 0 Å². The molecule has 2 heterocycles. The second-order valence-corrected chi connectivity index (χ2v) is 7.35. The average Bonchev–Trinajstić information content (AvgIpc) is 3.09. The molecular formula is C21H28N6O. The first-order valence-corrected chi connectivity index (χ1v) is 9.80. The molecule has 1 amide bonds. The van der Waals surface area contributed by atoms with Gasteiger partial charge in [-0.2, -0.15) is 5.10 Å². The Balaban J connectivity index is 1.79. The third-order valence-electron chi connectivity index (χ3n) is 4.40. The Morgan fingerprint density at radius 1 is 1.14 bits per heavy atom. The normalized spacial score (nSPS) is 11.2. The van der Waals surface area contributed by atoms with Crippen molar-refractivity contribution in [1.29, 1.82) is 0 Å². The molecule has 7 heteroatoms. The quantitative estimate of drug-likeness (QED) is 0.586. The van der Waals surface area contributed by atoms with Crippen LogP contribution >= 0.6 is 0 Å². The van der Waals surface area contributed by atoms with Gasteiger partial charge in [-0.15, -0.1) is 0 Å². The predicted octanol–water partition coefficient (Wildman–Crippen LogP) is 3.26. The van der Waals surface area contributed by atoms with Gasteiger partial charge in [0.05, 0.1) is 17.3 Å². The Hall–Kier alpha value is -2.96. The summed E-state index contributed by atoms with van der Waals surface area (Å²) in [7, 11) is 0. The van der Waals surface area contributed by atoms with Gasteiger partial charge >= 0.3 is 0 Å². The molecule has 2 N–H and O–H groups in total. The molecule has 3 rings (SSSR count). The van der Waals surface area contributed by atoms with Crippen molar-refractivity contribution in [3.63, 3.8) is 0 Å². The number of hydrogen-bond donors (Lipinski definition) is 2. The monoisotopic (exact) mass is 380 g/mol. The third kappa shape index (κ3) is 4.65. The third-order valence-corrected chi connectivity index (χ3v) is 4.40. The Labute approximate surface area is 165 Å². The van der Waals surface area contributed by atoms with Gasteiger partial charge < -0.3 is 10.6 Å². The van der Waals surface area contributed by atoms with E-state index >= 15 is 0 Å². The number of fused-ring (bicyclic) bond motifs is 1. The Morgan fingerprint density at radius 3 is 2.57 bits per heavy atom. The number of amides is 1. The zero-order chi connectivity index (χ0) is 20.1. The molecule has 0 saturated heterocycles. The molecule has 0 fully saturated rings. The summed E-state index contributed by atoms with van der Waals surface area (Å²) in [4.78, 5) is 21.1. The number of rotatable bonds is 8. The maximum atomic E-state index is 11.8. The topological polar surface area (TPSA) is 84.7 Å². The zero-order valence-corrected chi connectivity index (χ0v) is 17.0. The zero-order valence-electron chi connectivity index (χ0n) is 17.0. The number of nitrogens with one attached hydrogen (secondary N) is 2. The number of anilines is 1. The van der Waals surface area contributed by atoms with Crippen molar-refractivity contribution in [3.05, 3.63) is 41.9 Å². The fraction of sp³-hybridized carbons (Fsp3) is 0.429. The summed E-state index contributed by atoms with van der Waals surface area (Å²) in [6.07, 6.45) is 3.06. The van der Waals surface area contributed by atoms with Crippen molar-refractivity contribution in [3.8, 4) is 5.69 Å². The van der Waals surface area contributed by atoms with Crippen LogP contribution in [-0.2, 0) is 11.2 Å². The van der Waals surface area contributed by atoms with Crippen molar-refractivity contribution in [2.24, 2.45) is 5.92 Å². The minimum absolute atomic E-state index is 0.0751. The molecule has 0 aliphatic carbocycles. The average molecular weight is 380 g/mol. The number of carbonyl (C=O) groups excluding carboxylic acids is 1. The molecule has 0 saturated carbocycles. The van der Waals surface area contributed by atoms with Gasteiger partial charge in [0.25, 0.3) is 0 Å². The van der Waals surface area contributed by atoms with Crippen molar-refractivity contribution >= 4 is 22.8 Å². The van der Waals surface area contributed by atoms with E-state index in [2.05, 4.69) is 44.8 Å². The maximum absolute atomic E-state index is 11.8. The lowest BCUT2D eigenvalue weighted by Crippen LogP contribution is -2.29. The SMILES string of the molecule is CCc1nc(NCCNC(=O)CC(C)C)c2cnn(-c3ccc(C)cc3)c2n1. The molecule has 0 bridgehead atoms. The van der Waals surface area contributed by atoms with Crippen LogP contribution < -0.4 is 10.6 Å². The van der Waals surface area contributed by atoms with Gasteiger partial charge in [0, 0.05) is 25.9 Å². The molecule has 0 unspecified atom stereocenters. The first kappa shape index (κ1) is 19.8. The molecule has 148 valence electrons. The van der Waals surface area contributed by atoms with Gasteiger partial charge in [-0.3, -0.25) is 4.79 Å². The lowest BCUT2D eigenvalue weighted by molar-refractivity contribution is -0.121. The maximum Gasteiger partial charge on any atom is 0.220 e. The molecule has 0 spiro atoms. The van der Waals surface area contributed by atoms with E-state index in [1.165, 1.54) is 5.56 Å². The van der Waals surface area contributed by atoms with Crippen LogP contribution in [0, 0.1) is 12.8 Å². The van der Waals surface area contributed by atoms with Crippen LogP contribution in [0.4, 0.5) is 5.82 Å². The number of aryl methyl sites for hydroxylation is 2. The molecule has 1 aromatic carbocycles. The van der Waals surface area contributed by atoms with Crippen LogP contribution in [0.15, 0.2) is 30.5 Å². The van der Waals surface area contributed by atoms with Crippen LogP contribution in [0.1, 0.15) is 38.6 Å². The highest BCUT2D eigenvalue weighted by atomic mass is 16.1. The Kier molecular flexibility index (Phi) is 6.23. The molecular weight excluding hydrogens is 352 g/mol. The van der Waals surface area contributed by atoms with Crippen LogP contribution in [0.5, 0.6) is 0 Å². The highest BCUT2D eigenvalue weighted by Gasteiger charge is 2.13. The van der Waals surface area contributed by atoms with E-state index in [1.807, 2.05) is 37.6 Å². The highest BCUT2D eigenvalue weighted by Crippen LogP contribution is 2.23. The highest BCUT2D eigenvalue weighted by molar-refractivity contribution is 5.87. The number of carbonyl (C=O) groups is 1. The van der Waals surface area contributed by atoms with Gasteiger partial charge in [0.1, 0.15) is 11.6 Å². The Morgan fingerprint density at radius 2 is 1.89 bits per heavy atom. The van der Waals surface area contributed by atoms with E-state index in [1.54, 1.807) is 6.20 Å². The van der Waals surface area contributed by atoms with Crippen molar-refractivity contribution in [2.45, 2.75) is 40.5 Å². The molecule has 3 aromatic rings. The van der Waals surface area contributed by atoms with E-state index in [0.29, 0.717) is 25.4 Å². The van der Waals surface area contributed by atoms with Gasteiger partial charge in [-0.25, -0.2) is 14.6 Å². The van der Waals surface area contributed by atoms with Gasteiger partial charge in [-0.1, -0.05) is 38.5 Å². The summed E-state index contributed by atoms with van der Waals surface area (Å²) in [5.74, 6) is 1.94. The molecule has 2 aromatic heterocycles. The molecule has 0 aliphatic rings. The van der Waals surface area contributed by atoms with Crippen LogP contribution in [0.25, 0.3) is 16.7 Å². The van der Waals surface area contributed by atoms with Crippen molar-refractivity contribution in [2.75, 3.05) is 18.4 Å². The number of nitrogens with zero attached hydrogens (tertiary/aromatic N) is 4. The van der Waals surface area contributed by atoms with Crippen LogP contribution in [0.3, 0.4) is 0 Å². The molecule has 28 heavy (non-hydrogen) atoms. The summed E-state index contributed by atoms with van der Waals surface area (Å²) in [6, 6.07) is 8.19. The van der Waals surface area contributed by atoms with Crippen LogP contribution in [-0.4, -0.2) is 38.7 Å². The van der Waals surface area contributed by atoms with Crippen molar-refractivity contribution < 1.29 is 4.79 Å². The van der Waals surface area contributed by atoms with E-state index in [-0.39, 0.29) is 5.91 Å². The first-order chi connectivity index (χ1) is 13.5. The smallest absolute Gasteiger partial charge is 0.220 e. The van der Waals surface area contributed by atoms with E-state index < -0.39 is 0 Å². The summed E-state index contributed by atoms with van der Waals surface area (Å²) in [6.45, 7) is 9.30. The number of aromatic nitrogens is 4. The molecule has 0 radical (unpaired) electrons. The lowest BCUT2D eigenvalue weighted by atomic mass is 10.1. The Bertz CT molecular complexity index is 945. The summed E-state index contributed by atoms with van der Waals surface area (Å²) >= 11 is 0. The minimum atomic E-state index is 0.0751. The summed E-state index contributed by atoms with van der Waals surface area (Å²) in [5.41, 5.74) is 2.95. The number of benzene rings is 1. The largest absolute Gasteiger partial charge is 0.368 e. The lowest BCUT2D eigenvalue weighted by Gasteiger charge is -2.11. The van der Waals surface area contributed by atoms with E-state index in [9.17, 15) is 4.79 Å². The van der Waals surface area contributed by atoms with Crippen molar-refractivity contribution in [1.82, 2.24) is 25.1 Å². The molecule has 0 atom stereocenters. The number of hydrogen-bond acceptors (Lipinski definition) is 5.